The lowest BCUT2D eigenvalue weighted by atomic mass is 10.0. The molecular weight excluding hydrogens is 272 g/mol. The number of rotatable bonds is 1. The van der Waals surface area contributed by atoms with Crippen LogP contribution in [0.15, 0.2) is 10.5 Å². The lowest BCUT2D eigenvalue weighted by Crippen LogP contribution is -2.18. The maximum Gasteiger partial charge on any atom is 0.165 e. The van der Waals surface area contributed by atoms with Crippen molar-refractivity contribution in [2.75, 3.05) is 13.2 Å². The summed E-state index contributed by atoms with van der Waals surface area (Å²) in [5, 5.41) is 10.2. The monoisotopic (exact) mass is 284 g/mol. The molecule has 0 unspecified atom stereocenters. The van der Waals surface area contributed by atoms with Crippen LogP contribution < -0.4 is 9.47 Å². The van der Waals surface area contributed by atoms with Crippen LogP contribution in [0.4, 0.5) is 0 Å². The Morgan fingerprint density at radius 1 is 1.31 bits per heavy atom. The first-order valence-corrected chi connectivity index (χ1v) is 6.23. The van der Waals surface area contributed by atoms with E-state index in [0.29, 0.717) is 13.2 Å². The van der Waals surface area contributed by atoms with Crippen LogP contribution in [0.25, 0.3) is 0 Å². The van der Waals surface area contributed by atoms with Gasteiger partial charge in [-0.15, -0.1) is 0 Å². The summed E-state index contributed by atoms with van der Waals surface area (Å²) in [5.41, 5.74) is 1.28. The number of benzene rings is 1. The highest BCUT2D eigenvalue weighted by Crippen LogP contribution is 2.52. The molecule has 4 heteroatoms. The second-order valence-corrected chi connectivity index (χ2v) is 5.21. The van der Waals surface area contributed by atoms with Gasteiger partial charge in [0.1, 0.15) is 13.2 Å². The SMILES string of the molecule is Cc1c(Br)c(C2(O)CC2)cc2c1OCCO2. The molecule has 0 aromatic heterocycles. The number of hydrogen-bond acceptors (Lipinski definition) is 3. The average molecular weight is 285 g/mol. The van der Waals surface area contributed by atoms with Gasteiger partial charge in [-0.2, -0.15) is 0 Å². The first-order chi connectivity index (χ1) is 7.62. The average Bonchev–Trinajstić information content (AvgIpc) is 3.03. The molecule has 86 valence electrons. The topological polar surface area (TPSA) is 38.7 Å². The minimum absolute atomic E-state index is 0.575. The van der Waals surface area contributed by atoms with Gasteiger partial charge in [-0.05, 0) is 41.8 Å². The molecule has 1 saturated carbocycles. The zero-order chi connectivity index (χ0) is 11.3. The van der Waals surface area contributed by atoms with Gasteiger partial charge in [-0.25, -0.2) is 0 Å². The van der Waals surface area contributed by atoms with E-state index in [4.69, 9.17) is 9.47 Å². The van der Waals surface area contributed by atoms with Crippen LogP contribution >= 0.6 is 15.9 Å². The van der Waals surface area contributed by atoms with Crippen LogP contribution in [0.1, 0.15) is 24.0 Å². The Hall–Kier alpha value is -0.740. The smallest absolute Gasteiger partial charge is 0.165 e. The summed E-state index contributed by atoms with van der Waals surface area (Å²) in [4.78, 5) is 0. The van der Waals surface area contributed by atoms with E-state index in [1.165, 1.54) is 0 Å². The fraction of sp³-hybridized carbons (Fsp3) is 0.500. The molecule has 1 aromatic carbocycles. The molecule has 2 aliphatic rings. The lowest BCUT2D eigenvalue weighted by molar-refractivity contribution is 0.146. The Kier molecular flexibility index (Phi) is 2.20. The van der Waals surface area contributed by atoms with Gasteiger partial charge < -0.3 is 14.6 Å². The molecule has 0 saturated heterocycles. The molecule has 0 bridgehead atoms. The van der Waals surface area contributed by atoms with Crippen LogP contribution in [0.3, 0.4) is 0 Å². The molecule has 1 N–H and O–H groups in total. The molecule has 0 radical (unpaired) electrons. The van der Waals surface area contributed by atoms with Gasteiger partial charge in [-0.1, -0.05) is 0 Å². The summed E-state index contributed by atoms with van der Waals surface area (Å²) in [5.74, 6) is 1.55. The highest BCUT2D eigenvalue weighted by Gasteiger charge is 2.44. The summed E-state index contributed by atoms with van der Waals surface area (Å²) >= 11 is 3.54. The predicted molar refractivity (Wildman–Crippen MR) is 63.0 cm³/mol. The molecular formula is C12H13BrO3. The molecule has 16 heavy (non-hydrogen) atoms. The molecule has 1 aliphatic carbocycles. The van der Waals surface area contributed by atoms with Crippen LogP contribution in [0.2, 0.25) is 0 Å². The van der Waals surface area contributed by atoms with E-state index < -0.39 is 5.60 Å². The minimum atomic E-state index is -0.653. The van der Waals surface area contributed by atoms with Crippen LogP contribution in [-0.2, 0) is 5.60 Å². The normalized spacial score (nSPS) is 20.7. The Labute approximate surface area is 102 Å². The Morgan fingerprint density at radius 3 is 2.69 bits per heavy atom. The zero-order valence-electron chi connectivity index (χ0n) is 9.05. The molecule has 0 atom stereocenters. The third-order valence-corrected chi connectivity index (χ3v) is 4.24. The van der Waals surface area contributed by atoms with Gasteiger partial charge in [0.05, 0.1) is 5.60 Å². The van der Waals surface area contributed by atoms with E-state index in [0.717, 1.165) is 39.9 Å². The number of fused-ring (bicyclic) bond motifs is 1. The van der Waals surface area contributed by atoms with E-state index in [2.05, 4.69) is 15.9 Å². The van der Waals surface area contributed by atoms with Crippen LogP contribution in [0, 0.1) is 6.92 Å². The Balaban J connectivity index is 2.17. The van der Waals surface area contributed by atoms with Gasteiger partial charge in [0.2, 0.25) is 0 Å². The summed E-state index contributed by atoms with van der Waals surface area (Å²) in [7, 11) is 0. The summed E-state index contributed by atoms with van der Waals surface area (Å²) < 4.78 is 12.1. The summed E-state index contributed by atoms with van der Waals surface area (Å²) in [6.45, 7) is 3.14. The molecule has 3 nitrogen and oxygen atoms in total. The van der Waals surface area contributed by atoms with Crippen molar-refractivity contribution in [3.8, 4) is 11.5 Å². The largest absolute Gasteiger partial charge is 0.486 e. The number of hydrogen-bond donors (Lipinski definition) is 1. The zero-order valence-corrected chi connectivity index (χ0v) is 10.6. The van der Waals surface area contributed by atoms with Crippen molar-refractivity contribution in [3.05, 3.63) is 21.7 Å². The summed E-state index contributed by atoms with van der Waals surface area (Å²) in [6, 6.07) is 1.90. The van der Waals surface area contributed by atoms with Crippen molar-refractivity contribution in [2.24, 2.45) is 0 Å². The molecule has 1 fully saturated rings. The van der Waals surface area contributed by atoms with Crippen molar-refractivity contribution in [1.82, 2.24) is 0 Å². The Bertz CT molecular complexity index is 452. The first-order valence-electron chi connectivity index (χ1n) is 5.43. The van der Waals surface area contributed by atoms with Crippen molar-refractivity contribution >= 4 is 15.9 Å². The van der Waals surface area contributed by atoms with Crippen molar-refractivity contribution < 1.29 is 14.6 Å². The van der Waals surface area contributed by atoms with Gasteiger partial charge in [0, 0.05) is 15.6 Å². The molecule has 1 heterocycles. The second-order valence-electron chi connectivity index (χ2n) is 4.42. The maximum absolute atomic E-state index is 10.2. The lowest BCUT2D eigenvalue weighted by Gasteiger charge is -2.23. The number of ether oxygens (including phenoxy) is 2. The quantitative estimate of drug-likeness (QED) is 0.861. The third-order valence-electron chi connectivity index (χ3n) is 3.22. The van der Waals surface area contributed by atoms with Crippen LogP contribution in [0.5, 0.6) is 11.5 Å². The summed E-state index contributed by atoms with van der Waals surface area (Å²) in [6.07, 6.45) is 1.65. The highest BCUT2D eigenvalue weighted by molar-refractivity contribution is 9.10. The molecule has 0 amide bonds. The molecule has 1 aliphatic heterocycles. The predicted octanol–water partition coefficient (Wildman–Crippen LogP) is 2.51. The fourth-order valence-electron chi connectivity index (χ4n) is 2.05. The maximum atomic E-state index is 10.2. The van der Waals surface area contributed by atoms with E-state index in [9.17, 15) is 5.11 Å². The highest BCUT2D eigenvalue weighted by atomic mass is 79.9. The van der Waals surface area contributed by atoms with Gasteiger partial charge >= 0.3 is 0 Å². The number of aliphatic hydroxyl groups is 1. The second kappa shape index (κ2) is 3.37. The van der Waals surface area contributed by atoms with E-state index in [-0.39, 0.29) is 0 Å². The fourth-order valence-corrected chi connectivity index (χ4v) is 2.72. The van der Waals surface area contributed by atoms with E-state index in [1.807, 2.05) is 13.0 Å². The minimum Gasteiger partial charge on any atom is -0.486 e. The molecule has 0 spiro atoms. The molecule has 3 rings (SSSR count). The molecule has 1 aromatic rings. The van der Waals surface area contributed by atoms with Gasteiger partial charge in [0.25, 0.3) is 0 Å². The number of halogens is 1. The van der Waals surface area contributed by atoms with Crippen LogP contribution in [-0.4, -0.2) is 18.3 Å². The third kappa shape index (κ3) is 1.44. The van der Waals surface area contributed by atoms with Crippen molar-refractivity contribution in [1.29, 1.82) is 0 Å². The Morgan fingerprint density at radius 2 is 2.00 bits per heavy atom. The standard InChI is InChI=1S/C12H13BrO3/c1-7-10(13)8(12(14)2-3-12)6-9-11(7)16-5-4-15-9/h6,14H,2-5H2,1H3. The van der Waals surface area contributed by atoms with Gasteiger partial charge in [-0.3, -0.25) is 0 Å². The first kappa shape index (κ1) is 10.4. The van der Waals surface area contributed by atoms with E-state index >= 15 is 0 Å². The van der Waals surface area contributed by atoms with E-state index in [1.54, 1.807) is 0 Å². The van der Waals surface area contributed by atoms with Gasteiger partial charge in [0.15, 0.2) is 11.5 Å². The van der Waals surface area contributed by atoms with Crippen molar-refractivity contribution in [2.45, 2.75) is 25.4 Å². The van der Waals surface area contributed by atoms with Crippen molar-refractivity contribution in [3.63, 3.8) is 0 Å².